The number of benzene rings is 2. The van der Waals surface area contributed by atoms with Gasteiger partial charge in [-0.25, -0.2) is 0 Å². The summed E-state index contributed by atoms with van der Waals surface area (Å²) in [6.07, 6.45) is 5.00. The summed E-state index contributed by atoms with van der Waals surface area (Å²) >= 11 is 0. The Morgan fingerprint density at radius 3 is 2.81 bits per heavy atom. The second-order valence-electron chi connectivity index (χ2n) is 5.76. The minimum absolute atomic E-state index is 0.00848. The molecule has 1 unspecified atom stereocenters. The van der Waals surface area contributed by atoms with E-state index in [1.165, 1.54) is 11.1 Å². The van der Waals surface area contributed by atoms with Crippen molar-refractivity contribution >= 4 is 16.7 Å². The SMILES string of the molecule is O=C(c1c[nH]c2ccccc12)C1CCCc2ccccc21. The highest BCUT2D eigenvalue weighted by Crippen LogP contribution is 2.35. The number of nitrogens with one attached hydrogen (secondary N) is 1. The normalized spacial score (nSPS) is 17.6. The number of ketones is 1. The number of carbonyl (C=O) groups excluding carboxylic acids is 1. The van der Waals surface area contributed by atoms with Gasteiger partial charge in [-0.05, 0) is 36.5 Å². The van der Waals surface area contributed by atoms with E-state index in [-0.39, 0.29) is 11.7 Å². The lowest BCUT2D eigenvalue weighted by Gasteiger charge is -2.24. The molecule has 3 aromatic rings. The van der Waals surface area contributed by atoms with E-state index < -0.39 is 0 Å². The quantitative estimate of drug-likeness (QED) is 0.688. The van der Waals surface area contributed by atoms with Crippen LogP contribution in [0.4, 0.5) is 0 Å². The zero-order valence-electron chi connectivity index (χ0n) is 11.8. The summed E-state index contributed by atoms with van der Waals surface area (Å²) in [4.78, 5) is 16.2. The molecule has 21 heavy (non-hydrogen) atoms. The summed E-state index contributed by atoms with van der Waals surface area (Å²) in [6.45, 7) is 0. The lowest BCUT2D eigenvalue weighted by atomic mass is 9.79. The summed E-state index contributed by atoms with van der Waals surface area (Å²) in [6, 6.07) is 16.4. The zero-order chi connectivity index (χ0) is 14.2. The van der Waals surface area contributed by atoms with Gasteiger partial charge in [0.15, 0.2) is 5.78 Å². The van der Waals surface area contributed by atoms with Gasteiger partial charge in [0.1, 0.15) is 0 Å². The van der Waals surface area contributed by atoms with Crippen LogP contribution in [0.5, 0.6) is 0 Å². The fourth-order valence-corrected chi connectivity index (χ4v) is 3.49. The standard InChI is InChI=1S/C19H17NO/c21-19(17-12-20-18-11-4-3-9-15(17)18)16-10-5-7-13-6-1-2-8-14(13)16/h1-4,6,8-9,11-12,16,20H,5,7,10H2. The number of fused-ring (bicyclic) bond motifs is 2. The molecule has 1 aliphatic rings. The Balaban J connectivity index is 1.79. The van der Waals surface area contributed by atoms with Gasteiger partial charge < -0.3 is 4.98 Å². The van der Waals surface area contributed by atoms with Crippen molar-refractivity contribution in [2.75, 3.05) is 0 Å². The van der Waals surface area contributed by atoms with Gasteiger partial charge in [0.2, 0.25) is 0 Å². The third kappa shape index (κ3) is 1.99. The smallest absolute Gasteiger partial charge is 0.172 e. The summed E-state index contributed by atoms with van der Waals surface area (Å²) in [5.74, 6) is 0.258. The van der Waals surface area contributed by atoms with Crippen LogP contribution in [0.3, 0.4) is 0 Å². The Hall–Kier alpha value is -2.35. The molecule has 0 fully saturated rings. The number of hydrogen-bond donors (Lipinski definition) is 1. The molecule has 0 spiro atoms. The third-order valence-corrected chi connectivity index (χ3v) is 4.54. The lowest BCUT2D eigenvalue weighted by molar-refractivity contribution is 0.0952. The molecule has 0 radical (unpaired) electrons. The fourth-order valence-electron chi connectivity index (χ4n) is 3.49. The van der Waals surface area contributed by atoms with E-state index in [0.29, 0.717) is 0 Å². The minimum Gasteiger partial charge on any atom is -0.360 e. The van der Waals surface area contributed by atoms with Gasteiger partial charge in [0, 0.05) is 28.6 Å². The van der Waals surface area contributed by atoms with Crippen LogP contribution in [-0.4, -0.2) is 10.8 Å². The number of rotatable bonds is 2. The summed E-state index contributed by atoms with van der Waals surface area (Å²) in [5, 5.41) is 1.03. The molecule has 0 aliphatic heterocycles. The van der Waals surface area contributed by atoms with Crippen LogP contribution in [0.15, 0.2) is 54.7 Å². The van der Waals surface area contributed by atoms with Crippen molar-refractivity contribution in [1.29, 1.82) is 0 Å². The van der Waals surface area contributed by atoms with E-state index in [1.807, 2.05) is 36.5 Å². The minimum atomic E-state index is 0.00848. The highest BCUT2D eigenvalue weighted by atomic mass is 16.1. The Bertz CT molecular complexity index is 815. The van der Waals surface area contributed by atoms with Gasteiger partial charge in [-0.2, -0.15) is 0 Å². The fraction of sp³-hybridized carbons (Fsp3) is 0.211. The first-order valence-corrected chi connectivity index (χ1v) is 7.53. The molecule has 1 atom stereocenters. The summed E-state index contributed by atoms with van der Waals surface area (Å²) in [5.41, 5.74) is 4.42. The molecule has 1 aromatic heterocycles. The predicted octanol–water partition coefficient (Wildman–Crippen LogP) is 4.47. The van der Waals surface area contributed by atoms with Crippen LogP contribution < -0.4 is 0 Å². The van der Waals surface area contributed by atoms with E-state index in [9.17, 15) is 4.79 Å². The van der Waals surface area contributed by atoms with E-state index in [2.05, 4.69) is 23.2 Å². The highest BCUT2D eigenvalue weighted by molar-refractivity contribution is 6.10. The molecule has 2 aromatic carbocycles. The molecule has 0 saturated carbocycles. The maximum absolute atomic E-state index is 13.0. The van der Waals surface area contributed by atoms with Crippen LogP contribution >= 0.6 is 0 Å². The number of H-pyrrole nitrogens is 1. The van der Waals surface area contributed by atoms with E-state index >= 15 is 0 Å². The molecule has 0 bridgehead atoms. The number of hydrogen-bond acceptors (Lipinski definition) is 1. The van der Waals surface area contributed by atoms with Gasteiger partial charge in [0.25, 0.3) is 0 Å². The molecule has 1 aliphatic carbocycles. The van der Waals surface area contributed by atoms with Crippen molar-refractivity contribution in [2.24, 2.45) is 0 Å². The third-order valence-electron chi connectivity index (χ3n) is 4.54. The summed E-state index contributed by atoms with van der Waals surface area (Å²) < 4.78 is 0. The first kappa shape index (κ1) is 12.4. The largest absolute Gasteiger partial charge is 0.360 e. The van der Waals surface area contributed by atoms with Gasteiger partial charge in [0.05, 0.1) is 0 Å². The van der Waals surface area contributed by atoms with E-state index in [0.717, 1.165) is 35.7 Å². The number of aryl methyl sites for hydroxylation is 1. The molecular formula is C19H17NO. The first-order valence-electron chi connectivity index (χ1n) is 7.53. The Kier molecular flexibility index (Phi) is 2.88. The van der Waals surface area contributed by atoms with Crippen molar-refractivity contribution in [1.82, 2.24) is 4.98 Å². The van der Waals surface area contributed by atoms with Gasteiger partial charge in [-0.1, -0.05) is 42.5 Å². The zero-order valence-corrected chi connectivity index (χ0v) is 11.8. The summed E-state index contributed by atoms with van der Waals surface area (Å²) in [7, 11) is 0. The molecule has 0 saturated heterocycles. The average Bonchev–Trinajstić information content (AvgIpc) is 2.98. The van der Waals surface area contributed by atoms with Crippen molar-refractivity contribution in [2.45, 2.75) is 25.2 Å². The second kappa shape index (κ2) is 4.88. The maximum atomic E-state index is 13.0. The average molecular weight is 275 g/mol. The van der Waals surface area contributed by atoms with Gasteiger partial charge in [-0.15, -0.1) is 0 Å². The molecule has 1 N–H and O–H groups in total. The first-order chi connectivity index (χ1) is 10.3. The van der Waals surface area contributed by atoms with E-state index in [4.69, 9.17) is 0 Å². The van der Waals surface area contributed by atoms with Crippen molar-refractivity contribution < 1.29 is 4.79 Å². The molecule has 2 nitrogen and oxygen atoms in total. The number of aromatic amines is 1. The van der Waals surface area contributed by atoms with Crippen LogP contribution in [-0.2, 0) is 6.42 Å². The van der Waals surface area contributed by atoms with Crippen molar-refractivity contribution in [3.8, 4) is 0 Å². The predicted molar refractivity (Wildman–Crippen MR) is 84.8 cm³/mol. The maximum Gasteiger partial charge on any atom is 0.172 e. The number of aromatic nitrogens is 1. The molecule has 4 rings (SSSR count). The number of carbonyl (C=O) groups is 1. The Labute approximate surface area is 123 Å². The van der Waals surface area contributed by atoms with Crippen LogP contribution in [0.25, 0.3) is 10.9 Å². The van der Waals surface area contributed by atoms with Crippen molar-refractivity contribution in [3.05, 3.63) is 71.4 Å². The van der Waals surface area contributed by atoms with E-state index in [1.54, 1.807) is 0 Å². The molecule has 0 amide bonds. The Morgan fingerprint density at radius 2 is 1.86 bits per heavy atom. The van der Waals surface area contributed by atoms with Crippen LogP contribution in [0.2, 0.25) is 0 Å². The van der Waals surface area contributed by atoms with Gasteiger partial charge >= 0.3 is 0 Å². The van der Waals surface area contributed by atoms with Crippen molar-refractivity contribution in [3.63, 3.8) is 0 Å². The number of para-hydroxylation sites is 1. The molecule has 2 heteroatoms. The second-order valence-corrected chi connectivity index (χ2v) is 5.76. The topological polar surface area (TPSA) is 32.9 Å². The monoisotopic (exact) mass is 275 g/mol. The number of Topliss-reactive ketones (excluding diaryl/α,β-unsaturated/α-hetero) is 1. The van der Waals surface area contributed by atoms with Crippen LogP contribution in [0.1, 0.15) is 40.2 Å². The molecule has 1 heterocycles. The molecular weight excluding hydrogens is 258 g/mol. The van der Waals surface area contributed by atoms with Gasteiger partial charge in [-0.3, -0.25) is 4.79 Å². The lowest BCUT2D eigenvalue weighted by Crippen LogP contribution is -2.18. The Morgan fingerprint density at radius 1 is 1.05 bits per heavy atom. The van der Waals surface area contributed by atoms with Crippen LogP contribution in [0, 0.1) is 0 Å². The highest BCUT2D eigenvalue weighted by Gasteiger charge is 2.28. The molecule has 104 valence electrons.